The number of amides is 1. The summed E-state index contributed by atoms with van der Waals surface area (Å²) in [5.41, 5.74) is 2.03. The van der Waals surface area contributed by atoms with E-state index in [9.17, 15) is 4.79 Å². The van der Waals surface area contributed by atoms with Crippen LogP contribution < -0.4 is 19.5 Å². The van der Waals surface area contributed by atoms with Crippen LogP contribution in [0.5, 0.6) is 17.2 Å². The van der Waals surface area contributed by atoms with Crippen LogP contribution in [0.4, 0.5) is 0 Å². The molecule has 0 aliphatic carbocycles. The number of hydrogen-bond acceptors (Lipinski definition) is 4. The quantitative estimate of drug-likeness (QED) is 0.654. The Morgan fingerprint density at radius 2 is 1.86 bits per heavy atom. The molecular weight excluding hydrogens is 354 g/mol. The Morgan fingerprint density at radius 1 is 1.07 bits per heavy atom. The predicted octanol–water partition coefficient (Wildman–Crippen LogP) is 4.51. The van der Waals surface area contributed by atoms with Crippen molar-refractivity contribution < 1.29 is 19.0 Å². The van der Waals surface area contributed by atoms with Crippen molar-refractivity contribution in [2.45, 2.75) is 46.8 Å². The lowest BCUT2D eigenvalue weighted by Crippen LogP contribution is -2.35. The average Bonchev–Trinajstić information content (AvgIpc) is 2.66. The molecule has 28 heavy (non-hydrogen) atoms. The van der Waals surface area contributed by atoms with E-state index < -0.39 is 6.10 Å². The fourth-order valence-corrected chi connectivity index (χ4v) is 2.62. The van der Waals surface area contributed by atoms with Crippen LogP contribution in [-0.4, -0.2) is 25.7 Å². The van der Waals surface area contributed by atoms with Gasteiger partial charge in [0.25, 0.3) is 5.91 Å². The van der Waals surface area contributed by atoms with Gasteiger partial charge in [-0.3, -0.25) is 4.79 Å². The Kier molecular flexibility index (Phi) is 8.18. The summed E-state index contributed by atoms with van der Waals surface area (Å²) in [5.74, 6) is 2.49. The zero-order chi connectivity index (χ0) is 20.5. The number of methoxy groups -OCH3 is 1. The van der Waals surface area contributed by atoms with Gasteiger partial charge in [-0.1, -0.05) is 32.0 Å². The fraction of sp³-hybridized carbons (Fsp3) is 0.435. The molecule has 5 nitrogen and oxygen atoms in total. The van der Waals surface area contributed by atoms with Crippen molar-refractivity contribution in [3.63, 3.8) is 0 Å². The maximum absolute atomic E-state index is 12.3. The van der Waals surface area contributed by atoms with E-state index in [1.54, 1.807) is 14.0 Å². The number of carbonyl (C=O) groups is 1. The SMILES string of the molecule is COc1cc(CNC(=O)C(C)Oc2cccc(C)c2)ccc1OCCC(C)C. The summed E-state index contributed by atoms with van der Waals surface area (Å²) in [4.78, 5) is 12.3. The van der Waals surface area contributed by atoms with Crippen LogP contribution in [0.2, 0.25) is 0 Å². The molecule has 5 heteroatoms. The molecule has 0 aliphatic rings. The van der Waals surface area contributed by atoms with Gasteiger partial charge in [0.05, 0.1) is 13.7 Å². The maximum atomic E-state index is 12.3. The van der Waals surface area contributed by atoms with Crippen molar-refractivity contribution in [3.05, 3.63) is 53.6 Å². The minimum Gasteiger partial charge on any atom is -0.493 e. The van der Waals surface area contributed by atoms with Crippen molar-refractivity contribution in [2.75, 3.05) is 13.7 Å². The van der Waals surface area contributed by atoms with E-state index in [0.717, 1.165) is 23.3 Å². The Morgan fingerprint density at radius 3 is 2.54 bits per heavy atom. The molecule has 0 heterocycles. The number of aryl methyl sites for hydroxylation is 1. The van der Waals surface area contributed by atoms with Gasteiger partial charge in [0.1, 0.15) is 5.75 Å². The fourth-order valence-electron chi connectivity index (χ4n) is 2.62. The molecule has 2 aromatic carbocycles. The smallest absolute Gasteiger partial charge is 0.261 e. The Balaban J connectivity index is 1.89. The van der Waals surface area contributed by atoms with Crippen LogP contribution in [0, 0.1) is 12.8 Å². The number of carbonyl (C=O) groups excluding carboxylic acids is 1. The summed E-state index contributed by atoms with van der Waals surface area (Å²) < 4.78 is 16.9. The van der Waals surface area contributed by atoms with Gasteiger partial charge in [-0.05, 0) is 61.6 Å². The number of nitrogens with one attached hydrogen (secondary N) is 1. The molecule has 0 radical (unpaired) electrons. The summed E-state index contributed by atoms with van der Waals surface area (Å²) in [5, 5.41) is 2.90. The van der Waals surface area contributed by atoms with Crippen LogP contribution in [0.25, 0.3) is 0 Å². The number of ether oxygens (including phenoxy) is 3. The van der Waals surface area contributed by atoms with Crippen LogP contribution in [0.1, 0.15) is 38.3 Å². The van der Waals surface area contributed by atoms with Gasteiger partial charge < -0.3 is 19.5 Å². The van der Waals surface area contributed by atoms with Gasteiger partial charge in [-0.2, -0.15) is 0 Å². The summed E-state index contributed by atoms with van der Waals surface area (Å²) in [7, 11) is 1.62. The second-order valence-electron chi connectivity index (χ2n) is 7.31. The molecule has 0 aliphatic heterocycles. The third-order valence-electron chi connectivity index (χ3n) is 4.32. The molecule has 2 aromatic rings. The van der Waals surface area contributed by atoms with Crippen molar-refractivity contribution in [1.29, 1.82) is 0 Å². The van der Waals surface area contributed by atoms with Gasteiger partial charge in [0.2, 0.25) is 0 Å². The lowest BCUT2D eigenvalue weighted by molar-refractivity contribution is -0.127. The second kappa shape index (κ2) is 10.6. The first kappa shape index (κ1) is 21.6. The number of benzene rings is 2. The van der Waals surface area contributed by atoms with E-state index in [4.69, 9.17) is 14.2 Å². The van der Waals surface area contributed by atoms with Crippen molar-refractivity contribution in [3.8, 4) is 17.2 Å². The van der Waals surface area contributed by atoms with E-state index in [-0.39, 0.29) is 5.91 Å². The highest BCUT2D eigenvalue weighted by atomic mass is 16.5. The summed E-state index contributed by atoms with van der Waals surface area (Å²) >= 11 is 0. The number of hydrogen-bond donors (Lipinski definition) is 1. The van der Waals surface area contributed by atoms with Crippen molar-refractivity contribution >= 4 is 5.91 Å². The van der Waals surface area contributed by atoms with E-state index in [1.807, 2.05) is 49.4 Å². The summed E-state index contributed by atoms with van der Waals surface area (Å²) in [6.07, 6.45) is 0.405. The first-order valence-corrected chi connectivity index (χ1v) is 9.69. The highest BCUT2D eigenvalue weighted by Gasteiger charge is 2.15. The molecule has 152 valence electrons. The van der Waals surface area contributed by atoms with Crippen molar-refractivity contribution in [2.24, 2.45) is 5.92 Å². The Labute approximate surface area is 168 Å². The standard InChI is InChI=1S/C23H31NO4/c1-16(2)11-12-27-21-10-9-19(14-22(21)26-5)15-24-23(25)18(4)28-20-8-6-7-17(3)13-20/h6-10,13-14,16,18H,11-12,15H2,1-5H3,(H,24,25). The molecule has 1 atom stereocenters. The molecule has 0 aromatic heterocycles. The minimum atomic E-state index is -0.581. The summed E-state index contributed by atoms with van der Waals surface area (Å²) in [6, 6.07) is 13.4. The highest BCUT2D eigenvalue weighted by molar-refractivity contribution is 5.80. The Hall–Kier alpha value is -2.69. The molecule has 0 saturated carbocycles. The molecule has 0 fully saturated rings. The van der Waals surface area contributed by atoms with Crippen molar-refractivity contribution in [1.82, 2.24) is 5.32 Å². The first-order chi connectivity index (χ1) is 13.4. The van der Waals surface area contributed by atoms with Crippen LogP contribution >= 0.6 is 0 Å². The normalized spacial score (nSPS) is 11.8. The lowest BCUT2D eigenvalue weighted by atomic mass is 10.1. The highest BCUT2D eigenvalue weighted by Crippen LogP contribution is 2.28. The first-order valence-electron chi connectivity index (χ1n) is 9.69. The second-order valence-corrected chi connectivity index (χ2v) is 7.31. The van der Waals surface area contributed by atoms with E-state index in [0.29, 0.717) is 30.6 Å². The van der Waals surface area contributed by atoms with Crippen LogP contribution in [0.3, 0.4) is 0 Å². The molecule has 0 saturated heterocycles. The molecule has 1 N–H and O–H groups in total. The van der Waals surface area contributed by atoms with Gasteiger partial charge in [0, 0.05) is 6.54 Å². The molecule has 0 spiro atoms. The van der Waals surface area contributed by atoms with E-state index >= 15 is 0 Å². The van der Waals surface area contributed by atoms with E-state index in [1.165, 1.54) is 0 Å². The van der Waals surface area contributed by atoms with Crippen LogP contribution in [-0.2, 0) is 11.3 Å². The van der Waals surface area contributed by atoms with Crippen LogP contribution in [0.15, 0.2) is 42.5 Å². The Bertz CT molecular complexity index is 773. The molecule has 1 amide bonds. The molecule has 2 rings (SSSR count). The van der Waals surface area contributed by atoms with E-state index in [2.05, 4.69) is 19.2 Å². The monoisotopic (exact) mass is 385 g/mol. The van der Waals surface area contributed by atoms with Gasteiger partial charge >= 0.3 is 0 Å². The van der Waals surface area contributed by atoms with Gasteiger partial charge in [-0.15, -0.1) is 0 Å². The molecule has 0 bridgehead atoms. The largest absolute Gasteiger partial charge is 0.493 e. The lowest BCUT2D eigenvalue weighted by Gasteiger charge is -2.16. The average molecular weight is 386 g/mol. The predicted molar refractivity (Wildman–Crippen MR) is 111 cm³/mol. The third-order valence-corrected chi connectivity index (χ3v) is 4.32. The molecular formula is C23H31NO4. The zero-order valence-electron chi connectivity index (χ0n) is 17.5. The molecule has 1 unspecified atom stereocenters. The summed E-state index contributed by atoms with van der Waals surface area (Å²) in [6.45, 7) is 9.10. The van der Waals surface area contributed by atoms with Gasteiger partial charge in [-0.25, -0.2) is 0 Å². The third kappa shape index (κ3) is 6.80. The maximum Gasteiger partial charge on any atom is 0.261 e. The van der Waals surface area contributed by atoms with Gasteiger partial charge in [0.15, 0.2) is 17.6 Å². The number of rotatable bonds is 10. The topological polar surface area (TPSA) is 56.8 Å². The minimum absolute atomic E-state index is 0.169. The zero-order valence-corrected chi connectivity index (χ0v) is 17.5.